The Morgan fingerprint density at radius 3 is 2.62 bits per heavy atom. The monoisotopic (exact) mass is 180 g/mol. The van der Waals surface area contributed by atoms with Crippen molar-refractivity contribution >= 4 is 11.5 Å². The first-order chi connectivity index (χ1) is 6.27. The Morgan fingerprint density at radius 2 is 2.08 bits per heavy atom. The molecule has 0 aromatic carbocycles. The van der Waals surface area contributed by atoms with Gasteiger partial charge in [-0.3, -0.25) is 0 Å². The third kappa shape index (κ3) is 1.62. The molecule has 4 N–H and O–H groups in total. The molecule has 0 atom stereocenters. The Hall–Kier alpha value is -1.16. The lowest BCUT2D eigenvalue weighted by Crippen LogP contribution is -2.43. The smallest absolute Gasteiger partial charge is 0.102 e. The molecule has 0 bridgehead atoms. The molecule has 2 rings (SSSR count). The maximum Gasteiger partial charge on any atom is 0.102 e. The topological polar surface area (TPSA) is 57.1 Å². The number of aromatic nitrogens is 1. The second-order valence-electron chi connectivity index (χ2n) is 3.47. The minimum Gasteiger partial charge on any atom is -0.385 e. The van der Waals surface area contributed by atoms with Crippen molar-refractivity contribution in [3.8, 4) is 0 Å². The summed E-state index contributed by atoms with van der Waals surface area (Å²) in [4.78, 5) is 5.48. The summed E-state index contributed by atoms with van der Waals surface area (Å²) in [5, 5.41) is 3.33. The summed E-state index contributed by atoms with van der Waals surface area (Å²) in [5.74, 6) is 0.756. The predicted molar refractivity (Wildman–Crippen MR) is 55.0 cm³/mol. The zero-order chi connectivity index (χ0) is 9.26. The van der Waals surface area contributed by atoms with Crippen molar-refractivity contribution in [2.24, 2.45) is 0 Å². The van der Waals surface area contributed by atoms with E-state index in [-0.39, 0.29) is 0 Å². The molecule has 0 saturated carbocycles. The zero-order valence-corrected chi connectivity index (χ0v) is 7.93. The Morgan fingerprint density at radius 1 is 1.38 bits per heavy atom. The predicted octanol–water partition coefficient (Wildman–Crippen LogP) is 0.315. The van der Waals surface area contributed by atoms with Gasteiger partial charge < -0.3 is 20.9 Å². The first kappa shape index (κ1) is 8.44. The Bertz CT molecular complexity index is 286. The fourth-order valence-electron chi connectivity index (χ4n) is 1.81. The minimum atomic E-state index is 0.756. The first-order valence-electron chi connectivity index (χ1n) is 4.68. The van der Waals surface area contributed by atoms with Crippen LogP contribution in [0.4, 0.5) is 11.5 Å². The molecular weight excluding hydrogens is 164 g/mol. The van der Waals surface area contributed by atoms with Gasteiger partial charge in [0.05, 0.1) is 5.69 Å². The summed E-state index contributed by atoms with van der Waals surface area (Å²) in [6, 6.07) is 2.01. The fraction of sp³-hybridized carbons (Fsp3) is 0.556. The minimum absolute atomic E-state index is 0.756. The summed E-state index contributed by atoms with van der Waals surface area (Å²) >= 11 is 0. The number of hydrogen-bond donors (Lipinski definition) is 3. The summed E-state index contributed by atoms with van der Waals surface area (Å²) in [7, 11) is 0. The maximum absolute atomic E-state index is 5.69. The largest absolute Gasteiger partial charge is 0.385 e. The highest BCUT2D eigenvalue weighted by atomic mass is 15.2. The number of hydrogen-bond acceptors (Lipinski definition) is 3. The van der Waals surface area contributed by atoms with E-state index in [1.807, 2.05) is 6.07 Å². The van der Waals surface area contributed by atoms with E-state index in [4.69, 9.17) is 5.73 Å². The summed E-state index contributed by atoms with van der Waals surface area (Å²) < 4.78 is 0. The van der Waals surface area contributed by atoms with Gasteiger partial charge in [-0.25, -0.2) is 0 Å². The van der Waals surface area contributed by atoms with Gasteiger partial charge in [0, 0.05) is 37.9 Å². The van der Waals surface area contributed by atoms with Gasteiger partial charge in [0.25, 0.3) is 0 Å². The highest BCUT2D eigenvalue weighted by Crippen LogP contribution is 2.22. The molecule has 1 saturated heterocycles. The van der Waals surface area contributed by atoms with Crippen molar-refractivity contribution in [3.05, 3.63) is 11.8 Å². The van der Waals surface area contributed by atoms with Crippen LogP contribution in [0.2, 0.25) is 0 Å². The van der Waals surface area contributed by atoms with E-state index in [2.05, 4.69) is 22.1 Å². The van der Waals surface area contributed by atoms with Crippen LogP contribution >= 0.6 is 0 Å². The van der Waals surface area contributed by atoms with Gasteiger partial charge in [-0.15, -0.1) is 0 Å². The van der Waals surface area contributed by atoms with Gasteiger partial charge in [0.2, 0.25) is 0 Å². The standard InChI is InChI=1S/C9H16N4/c1-7-8(6-9(10)12-7)13-4-2-11-3-5-13/h6,11-12H,2-5,10H2,1H3. The van der Waals surface area contributed by atoms with Crippen LogP contribution in [0.5, 0.6) is 0 Å². The second kappa shape index (κ2) is 3.30. The van der Waals surface area contributed by atoms with E-state index in [1.54, 1.807) is 0 Å². The maximum atomic E-state index is 5.69. The van der Waals surface area contributed by atoms with Crippen LogP contribution in [0.1, 0.15) is 5.69 Å². The van der Waals surface area contributed by atoms with E-state index in [9.17, 15) is 0 Å². The number of nitrogens with zero attached hydrogens (tertiary/aromatic N) is 1. The first-order valence-corrected chi connectivity index (χ1v) is 4.68. The third-order valence-electron chi connectivity index (χ3n) is 2.47. The van der Waals surface area contributed by atoms with Crippen molar-refractivity contribution in [1.82, 2.24) is 10.3 Å². The van der Waals surface area contributed by atoms with E-state index in [1.165, 1.54) is 11.4 Å². The molecule has 4 nitrogen and oxygen atoms in total. The number of H-pyrrole nitrogens is 1. The van der Waals surface area contributed by atoms with Gasteiger partial charge >= 0.3 is 0 Å². The number of aromatic amines is 1. The normalized spacial score (nSPS) is 17.8. The summed E-state index contributed by atoms with van der Waals surface area (Å²) in [5.41, 5.74) is 8.10. The van der Waals surface area contributed by atoms with Crippen LogP contribution in [0, 0.1) is 6.92 Å². The molecule has 0 aliphatic carbocycles. The van der Waals surface area contributed by atoms with Crippen molar-refractivity contribution in [2.75, 3.05) is 36.8 Å². The lowest BCUT2D eigenvalue weighted by molar-refractivity contribution is 0.588. The van der Waals surface area contributed by atoms with Crippen LogP contribution in [-0.4, -0.2) is 31.2 Å². The van der Waals surface area contributed by atoms with Crippen LogP contribution in [-0.2, 0) is 0 Å². The quantitative estimate of drug-likeness (QED) is 0.583. The highest BCUT2D eigenvalue weighted by Gasteiger charge is 2.13. The van der Waals surface area contributed by atoms with E-state index in [0.717, 1.165) is 32.0 Å². The van der Waals surface area contributed by atoms with Gasteiger partial charge in [0.1, 0.15) is 5.82 Å². The number of anilines is 2. The number of aryl methyl sites for hydroxylation is 1. The zero-order valence-electron chi connectivity index (χ0n) is 7.93. The number of nitrogens with two attached hydrogens (primary N) is 1. The van der Waals surface area contributed by atoms with Crippen molar-refractivity contribution < 1.29 is 0 Å². The van der Waals surface area contributed by atoms with Crippen LogP contribution in [0.15, 0.2) is 6.07 Å². The third-order valence-corrected chi connectivity index (χ3v) is 2.47. The fourth-order valence-corrected chi connectivity index (χ4v) is 1.81. The van der Waals surface area contributed by atoms with E-state index < -0.39 is 0 Å². The molecule has 1 aliphatic rings. The van der Waals surface area contributed by atoms with Gasteiger partial charge in [-0.2, -0.15) is 0 Å². The Labute approximate surface area is 78.1 Å². The molecule has 1 aliphatic heterocycles. The molecule has 0 unspecified atom stereocenters. The highest BCUT2D eigenvalue weighted by molar-refractivity contribution is 5.58. The average molecular weight is 180 g/mol. The van der Waals surface area contributed by atoms with Crippen molar-refractivity contribution in [3.63, 3.8) is 0 Å². The van der Waals surface area contributed by atoms with Gasteiger partial charge in [0.15, 0.2) is 0 Å². The van der Waals surface area contributed by atoms with Gasteiger partial charge in [-0.05, 0) is 6.92 Å². The lowest BCUT2D eigenvalue weighted by Gasteiger charge is -2.29. The molecule has 1 aromatic rings. The molecule has 72 valence electrons. The van der Waals surface area contributed by atoms with E-state index in [0.29, 0.717) is 0 Å². The molecule has 0 amide bonds. The number of piperazine rings is 1. The molecule has 2 heterocycles. The molecule has 0 radical (unpaired) electrons. The van der Waals surface area contributed by atoms with Gasteiger partial charge in [-0.1, -0.05) is 0 Å². The average Bonchev–Trinajstić information content (AvgIpc) is 2.47. The van der Waals surface area contributed by atoms with Crippen molar-refractivity contribution in [2.45, 2.75) is 6.92 Å². The lowest BCUT2D eigenvalue weighted by atomic mass is 10.3. The molecule has 0 spiro atoms. The Balaban J connectivity index is 2.18. The summed E-state index contributed by atoms with van der Waals surface area (Å²) in [6.07, 6.45) is 0. The van der Waals surface area contributed by atoms with E-state index >= 15 is 0 Å². The molecule has 1 fully saturated rings. The molecule has 4 heteroatoms. The van der Waals surface area contributed by atoms with Crippen LogP contribution < -0.4 is 16.0 Å². The SMILES string of the molecule is Cc1[nH]c(N)cc1N1CCNCC1. The van der Waals surface area contributed by atoms with Crippen LogP contribution in [0.3, 0.4) is 0 Å². The number of nitrogens with one attached hydrogen (secondary N) is 2. The number of rotatable bonds is 1. The molecule has 13 heavy (non-hydrogen) atoms. The number of nitrogen functional groups attached to an aromatic ring is 1. The molecular formula is C9H16N4. The van der Waals surface area contributed by atoms with Crippen molar-refractivity contribution in [1.29, 1.82) is 0 Å². The molecule has 1 aromatic heterocycles. The Kier molecular flexibility index (Phi) is 2.14. The van der Waals surface area contributed by atoms with Crippen LogP contribution in [0.25, 0.3) is 0 Å². The summed E-state index contributed by atoms with van der Waals surface area (Å²) in [6.45, 7) is 6.32. The second-order valence-corrected chi connectivity index (χ2v) is 3.47.